The van der Waals surface area contributed by atoms with Crippen molar-refractivity contribution in [1.29, 1.82) is 0 Å². The predicted molar refractivity (Wildman–Crippen MR) is 391 cm³/mol. The van der Waals surface area contributed by atoms with Crippen molar-refractivity contribution < 1.29 is 53.0 Å². The van der Waals surface area contributed by atoms with Crippen molar-refractivity contribution in [3.05, 3.63) is 288 Å². The Balaban J connectivity index is 0.812. The average Bonchev–Trinajstić information content (AvgIpc) is 1.67. The highest BCUT2D eigenvalue weighted by Gasteiger charge is 2.39. The Kier molecular flexibility index (Phi) is 12.9. The molecule has 504 valence electrons. The molecule has 0 N–H and O–H groups in total. The Hall–Kier alpha value is -11.8. The predicted octanol–water partition coefficient (Wildman–Crippen LogP) is 25.7. The zero-order chi connectivity index (χ0) is 69.7. The molecule has 16 aromatic rings. The van der Waals surface area contributed by atoms with Crippen molar-refractivity contribution in [3.63, 3.8) is 0 Å². The van der Waals surface area contributed by atoms with Gasteiger partial charge in [0.1, 0.15) is 138 Å². The standard InChI is InChI=1S/C90H72O12/c1-85(2)73-25-13-61(91-73)49-37-53-45-54(38-49)66-18-30-78(96-66)88(7,8)82-34-22-70(100-82)58-42-51(41-57(47-58)69-21-33-81(99-69)87(5,6)77-29-17-65(53)95-77)63-15-27-75(93-63)86(3,4)76-28-16-64(94-76)52-43-59-48-60(44-52)72-24-36-84(102-72)90(11,12)80-32-20-68(98-80)56-40-50(62-14-26-74(85)92-62)39-55(46-56)67-19-31-79(97-67)89(9,10)83-35-23-71(59)101-83/h13-48H,1-12H3. The third-order valence-electron chi connectivity index (χ3n) is 21.8. The molecule has 0 unspecified atom stereocenters. The van der Waals surface area contributed by atoms with Gasteiger partial charge in [-0.3, -0.25) is 0 Å². The van der Waals surface area contributed by atoms with Gasteiger partial charge in [0.2, 0.25) is 0 Å². The van der Waals surface area contributed by atoms with Crippen LogP contribution in [0.5, 0.6) is 0 Å². The minimum Gasteiger partial charge on any atom is -0.460 e. The summed E-state index contributed by atoms with van der Waals surface area (Å²) in [6.07, 6.45) is 0. The monoisotopic (exact) mass is 1340 g/mol. The minimum atomic E-state index is -0.745. The molecule has 0 saturated heterocycles. The number of benzene rings is 4. The first-order chi connectivity index (χ1) is 48.9. The summed E-state index contributed by atoms with van der Waals surface area (Å²) in [5.74, 6) is 16.6. The van der Waals surface area contributed by atoms with E-state index in [0.717, 1.165) is 113 Å². The van der Waals surface area contributed by atoms with Crippen molar-refractivity contribution in [2.45, 2.75) is 116 Å². The quantitative estimate of drug-likeness (QED) is 0.142. The highest BCUT2D eigenvalue weighted by molar-refractivity contribution is 5.82. The highest BCUT2D eigenvalue weighted by Crippen LogP contribution is 2.50. The molecule has 0 aliphatic carbocycles. The van der Waals surface area contributed by atoms with E-state index in [9.17, 15) is 0 Å². The van der Waals surface area contributed by atoms with Gasteiger partial charge in [0.15, 0.2) is 0 Å². The number of hydrogen-bond donors (Lipinski definition) is 0. The van der Waals surface area contributed by atoms with Gasteiger partial charge in [-0.2, -0.15) is 0 Å². The molecule has 0 radical (unpaired) electrons. The van der Waals surface area contributed by atoms with E-state index in [0.29, 0.717) is 92.2 Å². The van der Waals surface area contributed by atoms with Gasteiger partial charge in [0.05, 0.1) is 32.5 Å². The summed E-state index contributed by atoms with van der Waals surface area (Å²) in [6, 6.07) is 74.0. The van der Waals surface area contributed by atoms with Gasteiger partial charge in [-0.25, -0.2) is 0 Å². The van der Waals surface area contributed by atoms with E-state index >= 15 is 0 Å². The lowest BCUT2D eigenvalue weighted by Gasteiger charge is -2.20. The summed E-state index contributed by atoms with van der Waals surface area (Å²) in [5, 5.41) is 0. The maximum absolute atomic E-state index is 7.03. The normalized spacial score (nSPS) is 16.1. The van der Waals surface area contributed by atoms with E-state index in [4.69, 9.17) is 53.0 Å². The smallest absolute Gasteiger partial charge is 0.134 e. The van der Waals surface area contributed by atoms with E-state index in [1.807, 2.05) is 146 Å². The van der Waals surface area contributed by atoms with Crippen molar-refractivity contribution in [1.82, 2.24) is 0 Å². The molecule has 22 rings (SSSR count). The Bertz CT molecular complexity index is 5020. The van der Waals surface area contributed by atoms with E-state index in [1.165, 1.54) is 0 Å². The molecule has 4 aromatic carbocycles. The fraction of sp³-hybridized carbons (Fsp3) is 0.200. The summed E-state index contributed by atoms with van der Waals surface area (Å²) in [5.41, 5.74) is 5.64. The van der Waals surface area contributed by atoms with E-state index in [2.05, 4.69) is 156 Å². The summed E-state index contributed by atoms with van der Waals surface area (Å²) in [7, 11) is 0. The van der Waals surface area contributed by atoms with Gasteiger partial charge >= 0.3 is 0 Å². The van der Waals surface area contributed by atoms with Crippen LogP contribution in [0.25, 0.3) is 136 Å². The zero-order valence-corrected chi connectivity index (χ0v) is 58.7. The van der Waals surface area contributed by atoms with Crippen LogP contribution in [-0.4, -0.2) is 0 Å². The molecule has 18 heterocycles. The molecule has 0 atom stereocenters. The molecule has 12 aromatic heterocycles. The first-order valence-corrected chi connectivity index (χ1v) is 34.8. The average molecular weight is 1350 g/mol. The molecule has 36 bridgehead atoms. The second-order valence-corrected chi connectivity index (χ2v) is 30.9. The Labute approximate surface area is 588 Å². The Morgan fingerprint density at radius 1 is 0.127 bits per heavy atom. The molecule has 0 spiro atoms. The lowest BCUT2D eigenvalue weighted by molar-refractivity contribution is 0.371. The molecule has 12 nitrogen and oxygen atoms in total. The summed E-state index contributed by atoms with van der Waals surface area (Å²) in [6.45, 7) is 25.4. The van der Waals surface area contributed by atoms with Crippen LogP contribution < -0.4 is 0 Å². The van der Waals surface area contributed by atoms with Gasteiger partial charge in [-0.1, -0.05) is 0 Å². The molecular formula is C90H72O12. The fourth-order valence-electron chi connectivity index (χ4n) is 14.9. The van der Waals surface area contributed by atoms with Crippen molar-refractivity contribution in [3.8, 4) is 136 Å². The van der Waals surface area contributed by atoms with Crippen LogP contribution in [-0.2, 0) is 32.5 Å². The first-order valence-electron chi connectivity index (χ1n) is 34.8. The van der Waals surface area contributed by atoms with E-state index in [-0.39, 0.29) is 0 Å². The van der Waals surface area contributed by atoms with Gasteiger partial charge < -0.3 is 53.0 Å². The number of furan rings is 12. The summed E-state index contributed by atoms with van der Waals surface area (Å²) in [4.78, 5) is 0. The minimum absolute atomic E-state index is 0.656. The number of rotatable bonds is 0. The molecular weight excluding hydrogens is 1270 g/mol. The van der Waals surface area contributed by atoms with Crippen molar-refractivity contribution >= 4 is 0 Å². The molecule has 12 heteroatoms. The second-order valence-electron chi connectivity index (χ2n) is 30.9. The van der Waals surface area contributed by atoms with Crippen LogP contribution in [0.4, 0.5) is 0 Å². The highest BCUT2D eigenvalue weighted by atomic mass is 16.4. The lowest BCUT2D eigenvalue weighted by atomic mass is 9.87. The molecule has 0 fully saturated rings. The Morgan fingerprint density at radius 2 is 0.206 bits per heavy atom. The SMILES string of the molecule is CC1(C)c2ccc(o2)-c2cc3cc(c2)-c2ccc(o2)C(C)(C)c2ccc(o2)-c2cc4cc(c2)-c2ccc(o2)C(C)(C)c2ccc(o2)-c2cc(cc(c2)-c2ccc(o2)C(C)(C)c2ccc(o2)-c2cc(cc(c2)-c2ccc(o2)C(C)(C)c2ccc-3o2)-c2ccc1o2)-c1ccc(o1)C(C)(C)c1ccc-4o1. The van der Waals surface area contributed by atoms with Crippen LogP contribution in [0.3, 0.4) is 0 Å². The van der Waals surface area contributed by atoms with Gasteiger partial charge in [-0.05, 0) is 301 Å². The fourth-order valence-corrected chi connectivity index (χ4v) is 14.9. The lowest BCUT2D eigenvalue weighted by Crippen LogP contribution is -2.17. The van der Waals surface area contributed by atoms with E-state index < -0.39 is 32.5 Å². The second kappa shape index (κ2) is 21.4. The number of hydrogen-bond acceptors (Lipinski definition) is 12. The molecule has 6 aliphatic heterocycles. The summed E-state index contributed by atoms with van der Waals surface area (Å²) >= 11 is 0. The maximum atomic E-state index is 7.03. The van der Waals surface area contributed by atoms with Crippen LogP contribution in [0.15, 0.2) is 271 Å². The molecule has 0 saturated carbocycles. The third-order valence-corrected chi connectivity index (χ3v) is 21.8. The topological polar surface area (TPSA) is 158 Å². The van der Waals surface area contributed by atoms with Crippen molar-refractivity contribution in [2.24, 2.45) is 0 Å². The molecule has 6 aliphatic rings. The zero-order valence-electron chi connectivity index (χ0n) is 58.7. The van der Waals surface area contributed by atoms with Crippen molar-refractivity contribution in [2.75, 3.05) is 0 Å². The largest absolute Gasteiger partial charge is 0.460 e. The Morgan fingerprint density at radius 3 is 0.284 bits per heavy atom. The first kappa shape index (κ1) is 61.3. The van der Waals surface area contributed by atoms with Crippen LogP contribution in [0.2, 0.25) is 0 Å². The van der Waals surface area contributed by atoms with Crippen LogP contribution >= 0.6 is 0 Å². The van der Waals surface area contributed by atoms with E-state index in [1.54, 1.807) is 0 Å². The van der Waals surface area contributed by atoms with Gasteiger partial charge in [-0.15, -0.1) is 0 Å². The summed E-state index contributed by atoms with van der Waals surface area (Å²) < 4.78 is 83.9. The molecule has 102 heavy (non-hydrogen) atoms. The van der Waals surface area contributed by atoms with Crippen LogP contribution in [0, 0.1) is 0 Å². The van der Waals surface area contributed by atoms with Crippen LogP contribution in [0.1, 0.15) is 152 Å². The van der Waals surface area contributed by atoms with Gasteiger partial charge in [0, 0.05) is 66.8 Å². The maximum Gasteiger partial charge on any atom is 0.134 e. The third kappa shape index (κ3) is 9.62. The molecule has 0 amide bonds. The van der Waals surface area contributed by atoms with Gasteiger partial charge in [0.25, 0.3) is 0 Å².